The molecule has 3 heterocycles. The molecular formula is C16H14N4OS. The normalized spacial score (nSPS) is 19.1. The first-order valence-corrected chi connectivity index (χ1v) is 8.10. The summed E-state index contributed by atoms with van der Waals surface area (Å²) in [6, 6.07) is 3.68. The summed E-state index contributed by atoms with van der Waals surface area (Å²) in [5, 5.41) is 4.34. The summed E-state index contributed by atoms with van der Waals surface area (Å²) in [5.74, 6) is 1.01. The highest BCUT2D eigenvalue weighted by Crippen LogP contribution is 2.19. The predicted octanol–water partition coefficient (Wildman–Crippen LogP) is 2.07. The third-order valence-corrected chi connectivity index (χ3v) is 4.79. The molecule has 5 nitrogen and oxygen atoms in total. The van der Waals surface area contributed by atoms with E-state index in [1.54, 1.807) is 12.4 Å². The Morgan fingerprint density at radius 2 is 2.14 bits per heavy atom. The van der Waals surface area contributed by atoms with Gasteiger partial charge in [-0.1, -0.05) is 29.6 Å². The molecule has 0 saturated carbocycles. The van der Waals surface area contributed by atoms with Crippen LogP contribution in [0.1, 0.15) is 19.3 Å². The summed E-state index contributed by atoms with van der Waals surface area (Å²) in [4.78, 5) is 21.5. The van der Waals surface area contributed by atoms with Crippen molar-refractivity contribution in [1.29, 1.82) is 0 Å². The third-order valence-electron chi connectivity index (χ3n) is 3.82. The van der Waals surface area contributed by atoms with Gasteiger partial charge in [-0.15, -0.1) is 5.10 Å². The van der Waals surface area contributed by atoms with Crippen molar-refractivity contribution in [3.05, 3.63) is 51.6 Å². The molecule has 0 radical (unpaired) electrons. The standard InChI is InChI=1S/C16H14N4OS/c21-15-13(10-11-4-2-1-3-5-11)22-16-18-14(19-20(15)16)12-6-8-17-9-7-12/h1-2,6-11H,3-5H2. The van der Waals surface area contributed by atoms with Crippen molar-refractivity contribution in [2.75, 3.05) is 0 Å². The van der Waals surface area contributed by atoms with Crippen LogP contribution in [0.3, 0.4) is 0 Å². The molecule has 0 aromatic carbocycles. The molecule has 0 spiro atoms. The molecular weight excluding hydrogens is 296 g/mol. The zero-order valence-electron chi connectivity index (χ0n) is 11.8. The molecule has 6 heteroatoms. The van der Waals surface area contributed by atoms with E-state index in [-0.39, 0.29) is 5.56 Å². The highest BCUT2D eigenvalue weighted by Gasteiger charge is 2.13. The average Bonchev–Trinajstić information content (AvgIpc) is 3.10. The van der Waals surface area contributed by atoms with Crippen LogP contribution < -0.4 is 10.1 Å². The van der Waals surface area contributed by atoms with E-state index >= 15 is 0 Å². The molecule has 0 fully saturated rings. The van der Waals surface area contributed by atoms with E-state index in [1.807, 2.05) is 12.1 Å². The SMILES string of the molecule is O=c1c(=CC2CC=CCC2)sc2nc(-c3ccncc3)nn12. The minimum absolute atomic E-state index is 0.0673. The second kappa shape index (κ2) is 5.46. The number of fused-ring (bicyclic) bond motifs is 1. The highest BCUT2D eigenvalue weighted by atomic mass is 32.1. The molecule has 1 aliphatic carbocycles. The second-order valence-corrected chi connectivity index (χ2v) is 6.36. The number of pyridine rings is 1. The maximum atomic E-state index is 12.5. The molecule has 1 atom stereocenters. The maximum Gasteiger partial charge on any atom is 0.290 e. The van der Waals surface area contributed by atoms with Gasteiger partial charge in [-0.25, -0.2) is 0 Å². The van der Waals surface area contributed by atoms with Crippen LogP contribution in [0.5, 0.6) is 0 Å². The minimum Gasteiger partial charge on any atom is -0.266 e. The molecule has 1 aliphatic rings. The smallest absolute Gasteiger partial charge is 0.266 e. The van der Waals surface area contributed by atoms with Gasteiger partial charge in [-0.3, -0.25) is 9.78 Å². The van der Waals surface area contributed by atoms with E-state index in [9.17, 15) is 4.79 Å². The number of thiazole rings is 1. The lowest BCUT2D eigenvalue weighted by molar-refractivity contribution is 0.612. The van der Waals surface area contributed by atoms with Gasteiger partial charge in [0.25, 0.3) is 5.56 Å². The van der Waals surface area contributed by atoms with Crippen molar-refractivity contribution >= 4 is 22.4 Å². The number of allylic oxidation sites excluding steroid dienone is 2. The average molecular weight is 310 g/mol. The van der Waals surface area contributed by atoms with E-state index in [4.69, 9.17) is 0 Å². The Morgan fingerprint density at radius 1 is 1.27 bits per heavy atom. The van der Waals surface area contributed by atoms with Crippen LogP contribution in [-0.2, 0) is 0 Å². The summed E-state index contributed by atoms with van der Waals surface area (Å²) >= 11 is 1.41. The zero-order chi connectivity index (χ0) is 14.9. The number of aromatic nitrogens is 4. The van der Waals surface area contributed by atoms with Gasteiger partial charge < -0.3 is 0 Å². The molecule has 3 aromatic heterocycles. The summed E-state index contributed by atoms with van der Waals surface area (Å²) < 4.78 is 2.15. The van der Waals surface area contributed by atoms with Crippen molar-refractivity contribution in [1.82, 2.24) is 19.6 Å². The van der Waals surface area contributed by atoms with Gasteiger partial charge in [-0.05, 0) is 37.3 Å². The van der Waals surface area contributed by atoms with Crippen molar-refractivity contribution in [2.45, 2.75) is 19.3 Å². The fourth-order valence-electron chi connectivity index (χ4n) is 2.65. The maximum absolute atomic E-state index is 12.5. The molecule has 0 saturated heterocycles. The van der Waals surface area contributed by atoms with E-state index in [2.05, 4.69) is 33.3 Å². The van der Waals surface area contributed by atoms with Gasteiger partial charge >= 0.3 is 0 Å². The lowest BCUT2D eigenvalue weighted by Gasteiger charge is -2.11. The monoisotopic (exact) mass is 310 g/mol. The number of hydrogen-bond donors (Lipinski definition) is 0. The van der Waals surface area contributed by atoms with Crippen LogP contribution in [0, 0.1) is 5.92 Å². The molecule has 22 heavy (non-hydrogen) atoms. The van der Waals surface area contributed by atoms with Crippen molar-refractivity contribution in [2.24, 2.45) is 5.92 Å². The molecule has 110 valence electrons. The largest absolute Gasteiger partial charge is 0.290 e. The molecule has 4 rings (SSSR count). The Labute approximate surface area is 130 Å². The number of hydrogen-bond acceptors (Lipinski definition) is 5. The topological polar surface area (TPSA) is 60.2 Å². The third kappa shape index (κ3) is 2.35. The van der Waals surface area contributed by atoms with Gasteiger partial charge in [0.2, 0.25) is 4.96 Å². The van der Waals surface area contributed by atoms with Gasteiger partial charge in [-0.2, -0.15) is 9.50 Å². The van der Waals surface area contributed by atoms with E-state index in [0.29, 0.717) is 16.7 Å². The summed E-state index contributed by atoms with van der Waals surface area (Å²) in [7, 11) is 0. The van der Waals surface area contributed by atoms with E-state index in [1.165, 1.54) is 15.9 Å². The molecule has 0 aliphatic heterocycles. The van der Waals surface area contributed by atoms with Crippen molar-refractivity contribution in [3.63, 3.8) is 0 Å². The first-order chi connectivity index (χ1) is 10.8. The molecule has 3 aromatic rings. The van der Waals surface area contributed by atoms with Gasteiger partial charge in [0, 0.05) is 18.0 Å². The fourth-order valence-corrected chi connectivity index (χ4v) is 3.63. The van der Waals surface area contributed by atoms with Crippen LogP contribution >= 0.6 is 11.3 Å². The van der Waals surface area contributed by atoms with Crippen molar-refractivity contribution in [3.8, 4) is 11.4 Å². The summed E-state index contributed by atoms with van der Waals surface area (Å²) in [6.45, 7) is 0. The Hall–Kier alpha value is -2.34. The highest BCUT2D eigenvalue weighted by molar-refractivity contribution is 7.15. The Bertz CT molecular complexity index is 942. The summed E-state index contributed by atoms with van der Waals surface area (Å²) in [6.07, 6.45) is 13.1. The first kappa shape index (κ1) is 13.3. The zero-order valence-corrected chi connectivity index (χ0v) is 12.7. The van der Waals surface area contributed by atoms with Gasteiger partial charge in [0.1, 0.15) is 0 Å². The Morgan fingerprint density at radius 3 is 2.86 bits per heavy atom. The summed E-state index contributed by atoms with van der Waals surface area (Å²) in [5.41, 5.74) is 0.801. The molecule has 0 N–H and O–H groups in total. The second-order valence-electron chi connectivity index (χ2n) is 5.35. The lowest BCUT2D eigenvalue weighted by Crippen LogP contribution is -2.25. The predicted molar refractivity (Wildman–Crippen MR) is 86.5 cm³/mol. The number of nitrogens with zero attached hydrogens (tertiary/aromatic N) is 4. The van der Waals surface area contributed by atoms with Crippen LogP contribution in [0.2, 0.25) is 0 Å². The van der Waals surface area contributed by atoms with Gasteiger partial charge in [0.15, 0.2) is 5.82 Å². The minimum atomic E-state index is -0.0673. The Balaban J connectivity index is 1.76. The molecule has 0 bridgehead atoms. The Kier molecular flexibility index (Phi) is 3.31. The van der Waals surface area contributed by atoms with Crippen LogP contribution in [0.25, 0.3) is 22.4 Å². The first-order valence-electron chi connectivity index (χ1n) is 7.28. The van der Waals surface area contributed by atoms with E-state index < -0.39 is 0 Å². The lowest BCUT2D eigenvalue weighted by atomic mass is 9.94. The van der Waals surface area contributed by atoms with Crippen molar-refractivity contribution < 1.29 is 0 Å². The van der Waals surface area contributed by atoms with Crippen LogP contribution in [0.15, 0.2) is 41.5 Å². The number of rotatable bonds is 2. The molecule has 1 unspecified atom stereocenters. The molecule has 0 amide bonds. The van der Waals surface area contributed by atoms with E-state index in [0.717, 1.165) is 29.4 Å². The van der Waals surface area contributed by atoms with Crippen LogP contribution in [-0.4, -0.2) is 19.6 Å². The van der Waals surface area contributed by atoms with Gasteiger partial charge in [0.05, 0.1) is 4.53 Å². The van der Waals surface area contributed by atoms with Crippen LogP contribution in [0.4, 0.5) is 0 Å². The fraction of sp³-hybridized carbons (Fsp3) is 0.250. The quantitative estimate of drug-likeness (QED) is 0.680.